The van der Waals surface area contributed by atoms with E-state index in [9.17, 15) is 4.79 Å². The van der Waals surface area contributed by atoms with Crippen LogP contribution in [0.3, 0.4) is 0 Å². The van der Waals surface area contributed by atoms with Gasteiger partial charge in [0, 0.05) is 29.3 Å². The van der Waals surface area contributed by atoms with Gasteiger partial charge in [-0.25, -0.2) is 9.97 Å². The molecule has 2 rings (SSSR count). The lowest BCUT2D eigenvalue weighted by Gasteiger charge is -2.07. The van der Waals surface area contributed by atoms with Crippen molar-refractivity contribution in [3.8, 4) is 5.95 Å². The maximum absolute atomic E-state index is 12.0. The zero-order valence-corrected chi connectivity index (χ0v) is 11.3. The third-order valence-electron chi connectivity index (χ3n) is 2.81. The van der Waals surface area contributed by atoms with Gasteiger partial charge in [0.2, 0.25) is 5.95 Å². The molecule has 0 amide bonds. The Morgan fingerprint density at radius 2 is 1.94 bits per heavy atom. The smallest absolute Gasteiger partial charge is 0.233 e. The van der Waals surface area contributed by atoms with Gasteiger partial charge in [-0.05, 0) is 32.9 Å². The third kappa shape index (κ3) is 2.16. The van der Waals surface area contributed by atoms with Crippen molar-refractivity contribution < 1.29 is 4.79 Å². The van der Waals surface area contributed by atoms with Gasteiger partial charge in [-0.3, -0.25) is 9.36 Å². The summed E-state index contributed by atoms with van der Waals surface area (Å²) in [5, 5.41) is -0.532. The summed E-state index contributed by atoms with van der Waals surface area (Å²) in [6.45, 7) is 5.46. The summed E-state index contributed by atoms with van der Waals surface area (Å²) in [5.74, 6) is 0.487. The van der Waals surface area contributed by atoms with E-state index in [-0.39, 0.29) is 5.78 Å². The Hall–Kier alpha value is -1.68. The highest BCUT2D eigenvalue weighted by molar-refractivity contribution is 6.33. The average Bonchev–Trinajstić information content (AvgIpc) is 2.65. The Kier molecular flexibility index (Phi) is 3.48. The van der Waals surface area contributed by atoms with E-state index in [0.717, 1.165) is 11.4 Å². The normalized spacial score (nSPS) is 12.4. The number of aryl methyl sites for hydroxylation is 1. The molecule has 0 aromatic carbocycles. The summed E-state index contributed by atoms with van der Waals surface area (Å²) in [5.41, 5.74) is 2.36. The zero-order chi connectivity index (χ0) is 13.3. The van der Waals surface area contributed by atoms with Gasteiger partial charge in [0.15, 0.2) is 5.78 Å². The lowest BCUT2D eigenvalue weighted by Crippen LogP contribution is -2.12. The van der Waals surface area contributed by atoms with Crippen LogP contribution >= 0.6 is 11.6 Å². The van der Waals surface area contributed by atoms with Crippen molar-refractivity contribution in [2.75, 3.05) is 0 Å². The average molecular weight is 264 g/mol. The maximum Gasteiger partial charge on any atom is 0.233 e. The van der Waals surface area contributed by atoms with E-state index in [4.69, 9.17) is 11.6 Å². The number of Topliss-reactive ketones (excluding diaryl/α,β-unsaturated/α-hetero) is 1. The summed E-state index contributed by atoms with van der Waals surface area (Å²) in [6.07, 6.45) is 3.35. The fourth-order valence-corrected chi connectivity index (χ4v) is 2.06. The number of ketones is 1. The first-order valence-electron chi connectivity index (χ1n) is 5.67. The first-order valence-corrected chi connectivity index (χ1v) is 6.10. The molecule has 2 aromatic rings. The predicted octanol–water partition coefficient (Wildman–Crippen LogP) is 2.69. The molecule has 1 unspecified atom stereocenters. The zero-order valence-electron chi connectivity index (χ0n) is 10.5. The van der Waals surface area contributed by atoms with Crippen LogP contribution in [0.25, 0.3) is 5.95 Å². The second-order valence-corrected chi connectivity index (χ2v) is 4.80. The number of rotatable bonds is 3. The topological polar surface area (TPSA) is 47.8 Å². The van der Waals surface area contributed by atoms with Gasteiger partial charge >= 0.3 is 0 Å². The molecule has 4 nitrogen and oxygen atoms in total. The molecule has 0 saturated carbocycles. The largest absolute Gasteiger partial charge is 0.292 e. The molecule has 0 saturated heterocycles. The Morgan fingerprint density at radius 3 is 2.50 bits per heavy atom. The number of hydrogen-bond donors (Lipinski definition) is 0. The van der Waals surface area contributed by atoms with Crippen LogP contribution in [0.2, 0.25) is 0 Å². The summed E-state index contributed by atoms with van der Waals surface area (Å²) < 4.78 is 1.85. The molecular weight excluding hydrogens is 250 g/mol. The first kappa shape index (κ1) is 12.8. The number of hydrogen-bond acceptors (Lipinski definition) is 3. The fourth-order valence-electron chi connectivity index (χ4n) is 1.94. The van der Waals surface area contributed by atoms with Crippen LogP contribution in [0.15, 0.2) is 24.5 Å². The van der Waals surface area contributed by atoms with E-state index in [1.807, 2.05) is 24.5 Å². The highest BCUT2D eigenvalue weighted by Gasteiger charge is 2.20. The number of halogens is 1. The minimum atomic E-state index is -0.532. The van der Waals surface area contributed by atoms with Gasteiger partial charge in [0.25, 0.3) is 0 Å². The van der Waals surface area contributed by atoms with Gasteiger partial charge in [0.05, 0.1) is 5.38 Å². The molecule has 94 valence electrons. The molecule has 18 heavy (non-hydrogen) atoms. The molecule has 2 heterocycles. The van der Waals surface area contributed by atoms with Gasteiger partial charge in [0.1, 0.15) is 0 Å². The van der Waals surface area contributed by atoms with Crippen LogP contribution < -0.4 is 0 Å². The monoisotopic (exact) mass is 263 g/mol. The molecule has 0 aliphatic rings. The maximum atomic E-state index is 12.0. The van der Waals surface area contributed by atoms with Crippen LogP contribution in [0, 0.1) is 13.8 Å². The van der Waals surface area contributed by atoms with Gasteiger partial charge in [-0.1, -0.05) is 0 Å². The fraction of sp³-hybridized carbons (Fsp3) is 0.308. The highest BCUT2D eigenvalue weighted by Crippen LogP contribution is 2.20. The Labute approximate surface area is 111 Å². The molecule has 1 atom stereocenters. The number of carbonyl (C=O) groups is 1. The minimum absolute atomic E-state index is 0.0769. The standard InChI is InChI=1S/C13H14ClN3O/c1-8-7-11(12(18)9(2)14)10(3)17(8)13-15-5-4-6-16-13/h4-7,9H,1-3H3. The van der Waals surface area contributed by atoms with Crippen LogP contribution in [-0.2, 0) is 0 Å². The number of nitrogens with zero attached hydrogens (tertiary/aromatic N) is 3. The lowest BCUT2D eigenvalue weighted by molar-refractivity contribution is 0.0991. The molecule has 5 heteroatoms. The van der Waals surface area contributed by atoms with Crippen molar-refractivity contribution in [1.82, 2.24) is 14.5 Å². The van der Waals surface area contributed by atoms with E-state index >= 15 is 0 Å². The summed E-state index contributed by atoms with van der Waals surface area (Å²) in [4.78, 5) is 20.4. The molecule has 0 aliphatic heterocycles. The third-order valence-corrected chi connectivity index (χ3v) is 3.01. The quantitative estimate of drug-likeness (QED) is 0.632. The molecule has 0 aliphatic carbocycles. The molecule has 0 bridgehead atoms. The van der Waals surface area contributed by atoms with Crippen molar-refractivity contribution in [3.05, 3.63) is 41.5 Å². The highest BCUT2D eigenvalue weighted by atomic mass is 35.5. The SMILES string of the molecule is Cc1cc(C(=O)C(C)Cl)c(C)n1-c1ncccn1. The number of alkyl halides is 1. The lowest BCUT2D eigenvalue weighted by atomic mass is 10.1. The van der Waals surface area contributed by atoms with Crippen molar-refractivity contribution in [2.45, 2.75) is 26.1 Å². The van der Waals surface area contributed by atoms with Crippen LogP contribution in [0.4, 0.5) is 0 Å². The van der Waals surface area contributed by atoms with E-state index in [0.29, 0.717) is 11.5 Å². The second-order valence-electron chi connectivity index (χ2n) is 4.15. The van der Waals surface area contributed by atoms with E-state index < -0.39 is 5.38 Å². The predicted molar refractivity (Wildman–Crippen MR) is 70.5 cm³/mol. The summed E-state index contributed by atoms with van der Waals surface area (Å²) in [6, 6.07) is 3.58. The molecule has 2 aromatic heterocycles. The molecule has 0 spiro atoms. The van der Waals surface area contributed by atoms with Gasteiger partial charge < -0.3 is 0 Å². The Morgan fingerprint density at radius 1 is 1.33 bits per heavy atom. The number of carbonyl (C=O) groups excluding carboxylic acids is 1. The van der Waals surface area contributed by atoms with Gasteiger partial charge in [-0.15, -0.1) is 11.6 Å². The van der Waals surface area contributed by atoms with Crippen molar-refractivity contribution >= 4 is 17.4 Å². The number of aromatic nitrogens is 3. The van der Waals surface area contributed by atoms with E-state index in [1.54, 1.807) is 25.4 Å². The van der Waals surface area contributed by atoms with E-state index in [2.05, 4.69) is 9.97 Å². The molecular formula is C13H14ClN3O. The van der Waals surface area contributed by atoms with Crippen molar-refractivity contribution in [2.24, 2.45) is 0 Å². The van der Waals surface area contributed by atoms with Crippen molar-refractivity contribution in [1.29, 1.82) is 0 Å². The van der Waals surface area contributed by atoms with E-state index in [1.165, 1.54) is 0 Å². The Balaban J connectivity index is 2.55. The molecule has 0 radical (unpaired) electrons. The molecule has 0 N–H and O–H groups in total. The van der Waals surface area contributed by atoms with Crippen LogP contribution in [0.5, 0.6) is 0 Å². The molecule has 0 fully saturated rings. The van der Waals surface area contributed by atoms with Crippen LogP contribution in [0.1, 0.15) is 28.7 Å². The first-order chi connectivity index (χ1) is 8.52. The van der Waals surface area contributed by atoms with Crippen molar-refractivity contribution in [3.63, 3.8) is 0 Å². The second kappa shape index (κ2) is 4.90. The van der Waals surface area contributed by atoms with Gasteiger partial charge in [-0.2, -0.15) is 0 Å². The Bertz CT molecular complexity index is 575. The summed E-state index contributed by atoms with van der Waals surface area (Å²) >= 11 is 5.85. The minimum Gasteiger partial charge on any atom is -0.292 e. The van der Waals surface area contributed by atoms with Crippen LogP contribution in [-0.4, -0.2) is 25.7 Å². The summed E-state index contributed by atoms with van der Waals surface area (Å²) in [7, 11) is 0.